The fraction of sp³-hybridized carbons (Fsp3) is 0.600. The first-order valence-corrected chi connectivity index (χ1v) is 6.88. The molecule has 1 aliphatic heterocycles. The van der Waals surface area contributed by atoms with Gasteiger partial charge < -0.3 is 10.6 Å². The first-order valence-electron chi connectivity index (χ1n) is 6.88. The smallest absolute Gasteiger partial charge is 0.0236 e. The first-order chi connectivity index (χ1) is 8.69. The molecule has 1 heterocycles. The molecule has 0 spiro atoms. The Labute approximate surface area is 111 Å². The van der Waals surface area contributed by atoms with Gasteiger partial charge in [0.1, 0.15) is 0 Å². The van der Waals surface area contributed by atoms with E-state index in [0.717, 1.165) is 6.54 Å². The van der Waals surface area contributed by atoms with Gasteiger partial charge in [-0.25, -0.2) is 0 Å². The zero-order valence-corrected chi connectivity index (χ0v) is 11.7. The molecule has 0 atom stereocenters. The van der Waals surface area contributed by atoms with E-state index in [1.165, 1.54) is 49.3 Å². The lowest BCUT2D eigenvalue weighted by molar-refractivity contribution is 0.269. The largest absolute Gasteiger partial charge is 0.326 e. The molecule has 2 N–H and O–H groups in total. The second-order valence-corrected chi connectivity index (χ2v) is 5.40. The van der Waals surface area contributed by atoms with Crippen molar-refractivity contribution in [2.45, 2.75) is 26.4 Å². The molecule has 0 unspecified atom stereocenters. The van der Waals surface area contributed by atoms with Gasteiger partial charge in [0.25, 0.3) is 0 Å². The van der Waals surface area contributed by atoms with Crippen LogP contribution in [0.25, 0.3) is 0 Å². The quantitative estimate of drug-likeness (QED) is 0.880. The number of nitrogens with two attached hydrogens (primary N) is 1. The minimum atomic E-state index is 0.635. The Morgan fingerprint density at radius 2 is 2.00 bits per heavy atom. The normalized spacial score (nSPS) is 18.8. The number of rotatable bonds is 3. The maximum absolute atomic E-state index is 5.67. The third kappa shape index (κ3) is 3.55. The molecular weight excluding hydrogens is 222 g/mol. The Bertz CT molecular complexity index is 389. The highest BCUT2D eigenvalue weighted by Gasteiger charge is 2.13. The summed E-state index contributed by atoms with van der Waals surface area (Å²) in [6, 6.07) is 6.62. The average molecular weight is 247 g/mol. The van der Waals surface area contributed by atoms with Crippen LogP contribution in [-0.2, 0) is 13.1 Å². The standard InChI is InChI=1S/C15H25N3/c1-13-10-14(11-16)4-5-15(13)12-18-7-3-6-17(2)8-9-18/h4-5,10H,3,6-9,11-12,16H2,1-2H3. The number of benzene rings is 1. The van der Waals surface area contributed by atoms with Crippen molar-refractivity contribution in [3.8, 4) is 0 Å². The summed E-state index contributed by atoms with van der Waals surface area (Å²) in [5.74, 6) is 0. The minimum Gasteiger partial charge on any atom is -0.326 e. The number of aryl methyl sites for hydroxylation is 1. The molecule has 3 nitrogen and oxygen atoms in total. The third-order valence-corrected chi connectivity index (χ3v) is 3.85. The van der Waals surface area contributed by atoms with E-state index in [1.54, 1.807) is 0 Å². The Balaban J connectivity index is 2.00. The number of hydrogen-bond donors (Lipinski definition) is 1. The monoisotopic (exact) mass is 247 g/mol. The van der Waals surface area contributed by atoms with Crippen LogP contribution in [0.4, 0.5) is 0 Å². The van der Waals surface area contributed by atoms with Crippen LogP contribution in [0.1, 0.15) is 23.1 Å². The molecule has 0 amide bonds. The molecule has 1 aliphatic rings. The summed E-state index contributed by atoms with van der Waals surface area (Å²) in [5.41, 5.74) is 9.71. The zero-order chi connectivity index (χ0) is 13.0. The van der Waals surface area contributed by atoms with Gasteiger partial charge >= 0.3 is 0 Å². The van der Waals surface area contributed by atoms with Crippen LogP contribution in [0.15, 0.2) is 18.2 Å². The second-order valence-electron chi connectivity index (χ2n) is 5.40. The predicted molar refractivity (Wildman–Crippen MR) is 76.5 cm³/mol. The van der Waals surface area contributed by atoms with Crippen molar-refractivity contribution in [2.75, 3.05) is 33.2 Å². The molecule has 100 valence electrons. The molecule has 2 rings (SSSR count). The number of hydrogen-bond acceptors (Lipinski definition) is 3. The first kappa shape index (κ1) is 13.5. The number of nitrogens with zero attached hydrogens (tertiary/aromatic N) is 2. The molecule has 0 bridgehead atoms. The lowest BCUT2D eigenvalue weighted by Crippen LogP contribution is -2.28. The molecule has 0 saturated carbocycles. The molecule has 18 heavy (non-hydrogen) atoms. The summed E-state index contributed by atoms with van der Waals surface area (Å²) in [5, 5.41) is 0. The number of likely N-dealkylation sites (N-methyl/N-ethyl adjacent to an activating group) is 1. The van der Waals surface area contributed by atoms with Crippen molar-refractivity contribution in [3.05, 3.63) is 34.9 Å². The molecule has 0 aliphatic carbocycles. The topological polar surface area (TPSA) is 32.5 Å². The molecule has 1 saturated heterocycles. The Hall–Kier alpha value is -0.900. The van der Waals surface area contributed by atoms with Gasteiger partial charge in [0.05, 0.1) is 0 Å². The minimum absolute atomic E-state index is 0.635. The van der Waals surface area contributed by atoms with E-state index in [-0.39, 0.29) is 0 Å². The zero-order valence-electron chi connectivity index (χ0n) is 11.7. The van der Waals surface area contributed by atoms with Gasteiger partial charge in [-0.3, -0.25) is 4.90 Å². The summed E-state index contributed by atoms with van der Waals surface area (Å²) < 4.78 is 0. The summed E-state index contributed by atoms with van der Waals surface area (Å²) in [7, 11) is 2.21. The molecule has 1 aromatic rings. The molecule has 1 fully saturated rings. The van der Waals surface area contributed by atoms with Crippen molar-refractivity contribution in [1.29, 1.82) is 0 Å². The van der Waals surface area contributed by atoms with E-state index in [0.29, 0.717) is 6.54 Å². The highest BCUT2D eigenvalue weighted by atomic mass is 15.2. The predicted octanol–water partition coefficient (Wildman–Crippen LogP) is 1.59. The maximum Gasteiger partial charge on any atom is 0.0236 e. The van der Waals surface area contributed by atoms with E-state index >= 15 is 0 Å². The second kappa shape index (κ2) is 6.32. The van der Waals surface area contributed by atoms with Gasteiger partial charge in [-0.2, -0.15) is 0 Å². The Kier molecular flexibility index (Phi) is 4.75. The highest BCUT2D eigenvalue weighted by molar-refractivity contribution is 5.31. The lowest BCUT2D eigenvalue weighted by atomic mass is 10.0. The Morgan fingerprint density at radius 3 is 2.72 bits per heavy atom. The molecule has 3 heteroatoms. The van der Waals surface area contributed by atoms with Crippen LogP contribution in [0, 0.1) is 6.92 Å². The van der Waals surface area contributed by atoms with E-state index < -0.39 is 0 Å². The summed E-state index contributed by atoms with van der Waals surface area (Å²) in [6.07, 6.45) is 1.27. The van der Waals surface area contributed by atoms with E-state index in [2.05, 4.69) is 42.0 Å². The van der Waals surface area contributed by atoms with Crippen molar-refractivity contribution in [2.24, 2.45) is 5.73 Å². The molecular formula is C15H25N3. The average Bonchev–Trinajstić information content (AvgIpc) is 2.57. The van der Waals surface area contributed by atoms with Gasteiger partial charge in [-0.15, -0.1) is 0 Å². The molecule has 0 radical (unpaired) electrons. The van der Waals surface area contributed by atoms with Gasteiger partial charge in [0.2, 0.25) is 0 Å². The van der Waals surface area contributed by atoms with Crippen LogP contribution in [0.3, 0.4) is 0 Å². The summed E-state index contributed by atoms with van der Waals surface area (Å²) >= 11 is 0. The van der Waals surface area contributed by atoms with Crippen LogP contribution >= 0.6 is 0 Å². The van der Waals surface area contributed by atoms with Crippen molar-refractivity contribution >= 4 is 0 Å². The van der Waals surface area contributed by atoms with Crippen molar-refractivity contribution in [1.82, 2.24) is 9.80 Å². The van der Waals surface area contributed by atoms with Crippen LogP contribution < -0.4 is 5.73 Å². The maximum atomic E-state index is 5.67. The SMILES string of the molecule is Cc1cc(CN)ccc1CN1CCCN(C)CC1. The molecule has 1 aromatic carbocycles. The highest BCUT2D eigenvalue weighted by Crippen LogP contribution is 2.14. The van der Waals surface area contributed by atoms with Gasteiger partial charge in [0.15, 0.2) is 0 Å². The van der Waals surface area contributed by atoms with E-state index in [9.17, 15) is 0 Å². The van der Waals surface area contributed by atoms with Gasteiger partial charge in [-0.05, 0) is 50.2 Å². The van der Waals surface area contributed by atoms with Gasteiger partial charge in [0, 0.05) is 26.2 Å². The van der Waals surface area contributed by atoms with E-state index in [4.69, 9.17) is 5.73 Å². The van der Waals surface area contributed by atoms with Gasteiger partial charge in [-0.1, -0.05) is 18.2 Å². The van der Waals surface area contributed by atoms with Crippen molar-refractivity contribution in [3.63, 3.8) is 0 Å². The van der Waals surface area contributed by atoms with Crippen LogP contribution in [0.5, 0.6) is 0 Å². The fourth-order valence-electron chi connectivity index (χ4n) is 2.56. The summed E-state index contributed by atoms with van der Waals surface area (Å²) in [6.45, 7) is 8.69. The molecule has 0 aromatic heterocycles. The Morgan fingerprint density at radius 1 is 1.17 bits per heavy atom. The fourth-order valence-corrected chi connectivity index (χ4v) is 2.56. The van der Waals surface area contributed by atoms with Crippen LogP contribution in [0.2, 0.25) is 0 Å². The lowest BCUT2D eigenvalue weighted by Gasteiger charge is -2.21. The van der Waals surface area contributed by atoms with Crippen molar-refractivity contribution < 1.29 is 0 Å². The summed E-state index contributed by atoms with van der Waals surface area (Å²) in [4.78, 5) is 4.98. The van der Waals surface area contributed by atoms with E-state index in [1.807, 2.05) is 0 Å². The third-order valence-electron chi connectivity index (χ3n) is 3.85. The van der Waals surface area contributed by atoms with Crippen LogP contribution in [-0.4, -0.2) is 43.0 Å².